The van der Waals surface area contributed by atoms with Crippen LogP contribution in [0.4, 0.5) is 0 Å². The van der Waals surface area contributed by atoms with Crippen LogP contribution >= 0.6 is 11.3 Å². The quantitative estimate of drug-likeness (QED) is 0.414. The second-order valence-corrected chi connectivity index (χ2v) is 9.97. The Kier molecular flexibility index (Phi) is 6.40. The van der Waals surface area contributed by atoms with Crippen molar-refractivity contribution in [3.63, 3.8) is 0 Å². The van der Waals surface area contributed by atoms with Gasteiger partial charge in [0.05, 0.1) is 12.1 Å². The van der Waals surface area contributed by atoms with Crippen LogP contribution in [0, 0.1) is 20.8 Å². The average molecular weight is 506 g/mol. The van der Waals surface area contributed by atoms with Crippen LogP contribution in [0.2, 0.25) is 0 Å². The minimum atomic E-state index is -0.408. The summed E-state index contributed by atoms with van der Waals surface area (Å²) in [6, 6.07) is 11.5. The topological polar surface area (TPSA) is 91.6 Å². The maximum absolute atomic E-state index is 13.5. The fraction of sp³-hybridized carbons (Fsp3) is 0.296. The molecule has 2 aromatic carbocycles. The number of carbonyl (C=O) groups is 1. The largest absolute Gasteiger partial charge is 0.454 e. The first-order valence-electron chi connectivity index (χ1n) is 11.7. The van der Waals surface area contributed by atoms with Crippen molar-refractivity contribution in [2.45, 2.75) is 46.8 Å². The monoisotopic (exact) mass is 505 g/mol. The van der Waals surface area contributed by atoms with Gasteiger partial charge in [0, 0.05) is 19.5 Å². The smallest absolute Gasteiger partial charge is 0.331 e. The van der Waals surface area contributed by atoms with E-state index in [1.54, 1.807) is 10.6 Å². The van der Waals surface area contributed by atoms with Crippen LogP contribution in [-0.2, 0) is 24.4 Å². The van der Waals surface area contributed by atoms with Crippen molar-refractivity contribution in [2.24, 2.45) is 0 Å². The van der Waals surface area contributed by atoms with E-state index in [0.717, 1.165) is 22.3 Å². The molecule has 1 amide bonds. The van der Waals surface area contributed by atoms with Gasteiger partial charge >= 0.3 is 5.69 Å². The van der Waals surface area contributed by atoms with Crippen molar-refractivity contribution in [2.75, 3.05) is 6.79 Å². The molecule has 9 heteroatoms. The van der Waals surface area contributed by atoms with Gasteiger partial charge in [0.1, 0.15) is 4.70 Å². The van der Waals surface area contributed by atoms with Crippen LogP contribution in [0.5, 0.6) is 11.5 Å². The summed E-state index contributed by atoms with van der Waals surface area (Å²) in [4.78, 5) is 39.1. The van der Waals surface area contributed by atoms with Crippen molar-refractivity contribution >= 4 is 27.5 Å². The molecule has 0 saturated carbocycles. The summed E-state index contributed by atoms with van der Waals surface area (Å²) in [6.45, 7) is 6.98. The van der Waals surface area contributed by atoms with E-state index >= 15 is 0 Å². The number of rotatable bonds is 7. The zero-order chi connectivity index (χ0) is 25.4. The van der Waals surface area contributed by atoms with Crippen LogP contribution in [-0.4, -0.2) is 21.8 Å². The number of thiophene rings is 1. The Morgan fingerprint density at radius 3 is 2.53 bits per heavy atom. The summed E-state index contributed by atoms with van der Waals surface area (Å²) < 4.78 is 14.0. The molecule has 5 rings (SSSR count). The van der Waals surface area contributed by atoms with Crippen molar-refractivity contribution in [3.8, 4) is 11.5 Å². The summed E-state index contributed by atoms with van der Waals surface area (Å²) >= 11 is 1.31. The predicted octanol–water partition coefficient (Wildman–Crippen LogP) is 3.63. The fourth-order valence-corrected chi connectivity index (χ4v) is 5.50. The van der Waals surface area contributed by atoms with Gasteiger partial charge in [-0.1, -0.05) is 23.8 Å². The lowest BCUT2D eigenvalue weighted by Crippen LogP contribution is -2.41. The van der Waals surface area contributed by atoms with Gasteiger partial charge in [0.15, 0.2) is 11.5 Å². The molecule has 0 saturated heterocycles. The number of nitrogens with one attached hydrogen (secondary N) is 1. The lowest BCUT2D eigenvalue weighted by molar-refractivity contribution is -0.121. The molecular weight excluding hydrogens is 478 g/mol. The predicted molar refractivity (Wildman–Crippen MR) is 139 cm³/mol. The molecule has 0 unspecified atom stereocenters. The molecule has 1 N–H and O–H groups in total. The second-order valence-electron chi connectivity index (χ2n) is 9.05. The van der Waals surface area contributed by atoms with Gasteiger partial charge in [-0.15, -0.1) is 11.3 Å². The number of nitrogens with zero attached hydrogens (tertiary/aromatic N) is 2. The maximum atomic E-state index is 13.5. The van der Waals surface area contributed by atoms with Crippen LogP contribution in [0.3, 0.4) is 0 Å². The molecule has 0 bridgehead atoms. The number of aromatic nitrogens is 2. The van der Waals surface area contributed by atoms with Gasteiger partial charge in [-0.3, -0.25) is 18.7 Å². The molecule has 186 valence electrons. The van der Waals surface area contributed by atoms with E-state index in [2.05, 4.69) is 17.4 Å². The van der Waals surface area contributed by atoms with Crippen molar-refractivity contribution < 1.29 is 14.3 Å². The average Bonchev–Trinajstić information content (AvgIpc) is 3.51. The Bertz CT molecular complexity index is 1570. The third-order valence-electron chi connectivity index (χ3n) is 6.48. The standard InChI is InChI=1S/C27H27N3O5S/c1-16-10-17(2)20(18(3)11-16)14-30-21-7-9-36-25(21)26(32)29(27(30)33)8-6-24(31)28-13-19-4-5-22-23(12-19)35-15-34-22/h4-5,7,9-12H,6,8,13-15H2,1-3H3,(H,28,31). The van der Waals surface area contributed by atoms with Crippen molar-refractivity contribution in [1.82, 2.24) is 14.5 Å². The first kappa shape index (κ1) is 23.9. The highest BCUT2D eigenvalue weighted by atomic mass is 32.1. The molecule has 3 heterocycles. The first-order chi connectivity index (χ1) is 17.3. The molecule has 36 heavy (non-hydrogen) atoms. The van der Waals surface area contributed by atoms with Crippen LogP contribution in [0.25, 0.3) is 10.2 Å². The van der Waals surface area contributed by atoms with Crippen LogP contribution in [0.1, 0.15) is 34.2 Å². The summed E-state index contributed by atoms with van der Waals surface area (Å²) in [5.74, 6) is 1.08. The highest BCUT2D eigenvalue weighted by Crippen LogP contribution is 2.32. The third kappa shape index (κ3) is 4.54. The summed E-state index contributed by atoms with van der Waals surface area (Å²) in [6.07, 6.45) is 0.0131. The van der Waals surface area contributed by atoms with E-state index < -0.39 is 5.69 Å². The molecule has 0 fully saturated rings. The molecule has 0 atom stereocenters. The molecule has 2 aromatic heterocycles. The molecule has 8 nitrogen and oxygen atoms in total. The highest BCUT2D eigenvalue weighted by molar-refractivity contribution is 7.17. The Labute approximate surface area is 211 Å². The van der Waals surface area contributed by atoms with E-state index in [-0.39, 0.29) is 31.2 Å². The maximum Gasteiger partial charge on any atom is 0.331 e. The molecule has 0 radical (unpaired) electrons. The highest BCUT2D eigenvalue weighted by Gasteiger charge is 2.17. The summed E-state index contributed by atoms with van der Waals surface area (Å²) in [5, 5.41) is 4.67. The zero-order valence-electron chi connectivity index (χ0n) is 20.4. The molecular formula is C27H27N3O5S. The Morgan fingerprint density at radius 2 is 1.75 bits per heavy atom. The number of aryl methyl sites for hydroxylation is 3. The van der Waals surface area contributed by atoms with Gasteiger partial charge in [-0.25, -0.2) is 4.79 Å². The first-order valence-corrected chi connectivity index (χ1v) is 12.6. The number of hydrogen-bond acceptors (Lipinski definition) is 6. The van der Waals surface area contributed by atoms with Crippen LogP contribution < -0.4 is 26.0 Å². The normalized spacial score (nSPS) is 12.3. The molecule has 0 aliphatic carbocycles. The zero-order valence-corrected chi connectivity index (χ0v) is 21.2. The Morgan fingerprint density at radius 1 is 1.00 bits per heavy atom. The Hall–Kier alpha value is -3.85. The van der Waals surface area contributed by atoms with Gasteiger partial charge in [0.2, 0.25) is 12.7 Å². The summed E-state index contributed by atoms with van der Waals surface area (Å²) in [5.41, 5.74) is 5.15. The number of amides is 1. The van der Waals surface area contributed by atoms with Gasteiger partial charge in [0.25, 0.3) is 5.56 Å². The van der Waals surface area contributed by atoms with E-state index in [1.165, 1.54) is 21.5 Å². The SMILES string of the molecule is Cc1cc(C)c(Cn2c(=O)n(CCC(=O)NCc3ccc4c(c3)OCO4)c(=O)c3sccc32)c(C)c1. The lowest BCUT2D eigenvalue weighted by atomic mass is 10.00. The number of fused-ring (bicyclic) bond motifs is 2. The van der Waals surface area contributed by atoms with E-state index in [9.17, 15) is 14.4 Å². The number of hydrogen-bond donors (Lipinski definition) is 1. The van der Waals surface area contributed by atoms with E-state index in [0.29, 0.717) is 34.8 Å². The molecule has 0 spiro atoms. The molecule has 1 aliphatic heterocycles. The minimum Gasteiger partial charge on any atom is -0.454 e. The summed E-state index contributed by atoms with van der Waals surface area (Å²) in [7, 11) is 0. The van der Waals surface area contributed by atoms with Crippen LogP contribution in [0.15, 0.2) is 51.4 Å². The molecule has 4 aromatic rings. The number of ether oxygens (including phenoxy) is 2. The van der Waals surface area contributed by atoms with Crippen molar-refractivity contribution in [3.05, 3.63) is 90.4 Å². The third-order valence-corrected chi connectivity index (χ3v) is 7.37. The van der Waals surface area contributed by atoms with Gasteiger partial charge < -0.3 is 14.8 Å². The van der Waals surface area contributed by atoms with Gasteiger partial charge in [-0.05, 0) is 66.6 Å². The molecule has 1 aliphatic rings. The second kappa shape index (κ2) is 9.66. The Balaban J connectivity index is 1.36. The van der Waals surface area contributed by atoms with E-state index in [1.807, 2.05) is 44.4 Å². The van der Waals surface area contributed by atoms with E-state index in [4.69, 9.17) is 9.47 Å². The van der Waals surface area contributed by atoms with Gasteiger partial charge in [-0.2, -0.15) is 0 Å². The minimum absolute atomic E-state index is 0.00431. The number of benzene rings is 2. The van der Waals surface area contributed by atoms with Crippen molar-refractivity contribution in [1.29, 1.82) is 0 Å². The fourth-order valence-electron chi connectivity index (χ4n) is 4.65. The lowest BCUT2D eigenvalue weighted by Gasteiger charge is -2.16. The number of carbonyl (C=O) groups excluding carboxylic acids is 1.